The fourth-order valence-corrected chi connectivity index (χ4v) is 3.80. The number of fused-ring (bicyclic) bond motifs is 1. The maximum Gasteiger partial charge on any atom is 0.266 e. The van der Waals surface area contributed by atoms with Gasteiger partial charge in [0.05, 0.1) is 35.5 Å². The molecule has 2 fully saturated rings. The van der Waals surface area contributed by atoms with Gasteiger partial charge in [0.2, 0.25) is 0 Å². The SMILES string of the molecule is O=c1ccc(C2CC2)nn1CC1CCCN1c1cnc2ccccc2n1. The van der Waals surface area contributed by atoms with Gasteiger partial charge < -0.3 is 4.90 Å². The molecule has 1 atom stereocenters. The highest BCUT2D eigenvalue weighted by Gasteiger charge is 2.29. The lowest BCUT2D eigenvalue weighted by Gasteiger charge is -2.26. The lowest BCUT2D eigenvalue weighted by atomic mass is 10.2. The molecule has 5 rings (SSSR count). The largest absolute Gasteiger partial charge is 0.350 e. The quantitative estimate of drug-likeness (QED) is 0.726. The van der Waals surface area contributed by atoms with Crippen molar-refractivity contribution in [2.45, 2.75) is 44.2 Å². The van der Waals surface area contributed by atoms with E-state index in [-0.39, 0.29) is 11.6 Å². The summed E-state index contributed by atoms with van der Waals surface area (Å²) in [5.74, 6) is 1.44. The Bertz CT molecular complexity index is 1010. The second kappa shape index (κ2) is 6.20. The highest BCUT2D eigenvalue weighted by atomic mass is 16.1. The molecule has 0 N–H and O–H groups in total. The second-order valence-electron chi connectivity index (χ2n) is 7.26. The standard InChI is InChI=1S/C20H21N5O/c26-20-10-9-16(14-7-8-14)23-25(20)13-15-4-3-11-24(15)19-12-21-17-5-1-2-6-18(17)22-19/h1-2,5-6,9-10,12,14-15H,3-4,7-8,11,13H2. The van der Waals surface area contributed by atoms with Gasteiger partial charge >= 0.3 is 0 Å². The Morgan fingerprint density at radius 1 is 1.04 bits per heavy atom. The van der Waals surface area contributed by atoms with Crippen molar-refractivity contribution < 1.29 is 0 Å². The lowest BCUT2D eigenvalue weighted by molar-refractivity contribution is 0.481. The summed E-state index contributed by atoms with van der Waals surface area (Å²) in [6.45, 7) is 1.54. The van der Waals surface area contributed by atoms with Gasteiger partial charge in [-0.25, -0.2) is 9.67 Å². The molecule has 1 aromatic carbocycles. The van der Waals surface area contributed by atoms with Gasteiger partial charge in [0, 0.05) is 18.5 Å². The van der Waals surface area contributed by atoms with Crippen LogP contribution in [0.1, 0.15) is 37.3 Å². The van der Waals surface area contributed by atoms with Gasteiger partial charge in [0.1, 0.15) is 5.82 Å². The van der Waals surface area contributed by atoms with Crippen LogP contribution in [0.2, 0.25) is 0 Å². The van der Waals surface area contributed by atoms with E-state index in [1.165, 1.54) is 12.8 Å². The van der Waals surface area contributed by atoms with E-state index in [0.29, 0.717) is 12.5 Å². The first-order valence-corrected chi connectivity index (χ1v) is 9.34. The van der Waals surface area contributed by atoms with Crippen molar-refractivity contribution >= 4 is 16.9 Å². The van der Waals surface area contributed by atoms with Crippen molar-refractivity contribution in [3.63, 3.8) is 0 Å². The van der Waals surface area contributed by atoms with E-state index in [0.717, 1.165) is 41.9 Å². The van der Waals surface area contributed by atoms with Crippen molar-refractivity contribution in [3.8, 4) is 0 Å². The van der Waals surface area contributed by atoms with E-state index >= 15 is 0 Å². The number of para-hydroxylation sites is 2. The monoisotopic (exact) mass is 347 g/mol. The number of aromatic nitrogens is 4. The summed E-state index contributed by atoms with van der Waals surface area (Å²) < 4.78 is 1.64. The van der Waals surface area contributed by atoms with Crippen molar-refractivity contribution in [1.82, 2.24) is 19.7 Å². The van der Waals surface area contributed by atoms with Crippen molar-refractivity contribution in [3.05, 3.63) is 58.6 Å². The molecule has 0 radical (unpaired) electrons. The van der Waals surface area contributed by atoms with Crippen LogP contribution in [0.25, 0.3) is 11.0 Å². The molecule has 3 heterocycles. The summed E-state index contributed by atoms with van der Waals surface area (Å²) in [7, 11) is 0. The lowest BCUT2D eigenvalue weighted by Crippen LogP contribution is -2.37. The molecule has 0 spiro atoms. The molecule has 1 unspecified atom stereocenters. The van der Waals surface area contributed by atoms with E-state index in [1.54, 1.807) is 10.7 Å². The first-order valence-electron chi connectivity index (χ1n) is 9.34. The first-order chi connectivity index (χ1) is 12.8. The smallest absolute Gasteiger partial charge is 0.266 e. The fraction of sp³-hybridized carbons (Fsp3) is 0.400. The summed E-state index contributed by atoms with van der Waals surface area (Å²) in [4.78, 5) is 23.9. The average Bonchev–Trinajstić information content (AvgIpc) is 3.42. The molecule has 0 amide bonds. The number of benzene rings is 1. The minimum absolute atomic E-state index is 0.0224. The number of anilines is 1. The molecular formula is C20H21N5O. The van der Waals surface area contributed by atoms with E-state index in [1.807, 2.05) is 36.5 Å². The Labute approximate surface area is 151 Å². The number of rotatable bonds is 4. The fourth-order valence-electron chi connectivity index (χ4n) is 3.80. The molecule has 3 aromatic rings. The molecule has 6 heteroatoms. The zero-order chi connectivity index (χ0) is 17.5. The molecule has 0 bridgehead atoms. The third kappa shape index (κ3) is 2.85. The summed E-state index contributed by atoms with van der Waals surface area (Å²) in [5.41, 5.74) is 2.84. The molecule has 2 aliphatic rings. The highest BCUT2D eigenvalue weighted by molar-refractivity contribution is 5.75. The van der Waals surface area contributed by atoms with Crippen molar-refractivity contribution in [2.24, 2.45) is 0 Å². The van der Waals surface area contributed by atoms with Crippen molar-refractivity contribution in [1.29, 1.82) is 0 Å². The summed E-state index contributed by atoms with van der Waals surface area (Å²) >= 11 is 0. The zero-order valence-electron chi connectivity index (χ0n) is 14.6. The average molecular weight is 347 g/mol. The van der Waals surface area contributed by atoms with E-state index in [9.17, 15) is 4.79 Å². The van der Waals surface area contributed by atoms with Gasteiger partial charge in [-0.05, 0) is 43.9 Å². The van der Waals surface area contributed by atoms with Crippen molar-refractivity contribution in [2.75, 3.05) is 11.4 Å². The van der Waals surface area contributed by atoms with Crippen LogP contribution in [-0.2, 0) is 6.54 Å². The van der Waals surface area contributed by atoms with Gasteiger partial charge in [0.15, 0.2) is 0 Å². The Morgan fingerprint density at radius 3 is 2.73 bits per heavy atom. The Kier molecular flexibility index (Phi) is 3.69. The molecule has 1 saturated heterocycles. The maximum absolute atomic E-state index is 12.3. The number of hydrogen-bond acceptors (Lipinski definition) is 5. The number of hydrogen-bond donors (Lipinski definition) is 0. The Morgan fingerprint density at radius 2 is 1.88 bits per heavy atom. The van der Waals surface area contributed by atoms with Gasteiger partial charge in [-0.2, -0.15) is 5.10 Å². The van der Waals surface area contributed by atoms with Crippen LogP contribution in [0.3, 0.4) is 0 Å². The van der Waals surface area contributed by atoms with Crippen LogP contribution < -0.4 is 10.5 Å². The van der Waals surface area contributed by atoms with Crippen LogP contribution in [-0.4, -0.2) is 32.3 Å². The first kappa shape index (κ1) is 15.5. The molecule has 1 saturated carbocycles. The molecule has 26 heavy (non-hydrogen) atoms. The molecule has 132 valence electrons. The van der Waals surface area contributed by atoms with Gasteiger partial charge in [-0.3, -0.25) is 9.78 Å². The predicted molar refractivity (Wildman–Crippen MR) is 100 cm³/mol. The van der Waals surface area contributed by atoms with Crippen LogP contribution in [0, 0.1) is 0 Å². The summed E-state index contributed by atoms with van der Waals surface area (Å²) in [6.07, 6.45) is 6.35. The maximum atomic E-state index is 12.3. The molecule has 2 aromatic heterocycles. The van der Waals surface area contributed by atoms with Gasteiger partial charge in [-0.1, -0.05) is 12.1 Å². The zero-order valence-corrected chi connectivity index (χ0v) is 14.6. The minimum atomic E-state index is -0.0224. The predicted octanol–water partition coefficient (Wildman–Crippen LogP) is 2.73. The number of nitrogens with zero attached hydrogens (tertiary/aromatic N) is 5. The summed E-state index contributed by atoms with van der Waals surface area (Å²) in [5, 5.41) is 4.62. The summed E-state index contributed by atoms with van der Waals surface area (Å²) in [6, 6.07) is 11.7. The van der Waals surface area contributed by atoms with Crippen LogP contribution >= 0.6 is 0 Å². The Balaban J connectivity index is 1.43. The topological polar surface area (TPSA) is 63.9 Å². The normalized spacial score (nSPS) is 20.0. The van der Waals surface area contributed by atoms with Gasteiger partial charge in [-0.15, -0.1) is 0 Å². The minimum Gasteiger partial charge on any atom is -0.350 e. The second-order valence-corrected chi connectivity index (χ2v) is 7.26. The van der Waals surface area contributed by atoms with E-state index < -0.39 is 0 Å². The molecular weight excluding hydrogens is 326 g/mol. The molecule has 1 aliphatic heterocycles. The van der Waals surface area contributed by atoms with E-state index in [4.69, 9.17) is 4.98 Å². The van der Waals surface area contributed by atoms with Crippen LogP contribution in [0.15, 0.2) is 47.4 Å². The Hall–Kier alpha value is -2.76. The van der Waals surface area contributed by atoms with Crippen LogP contribution in [0.5, 0.6) is 0 Å². The van der Waals surface area contributed by atoms with E-state index in [2.05, 4.69) is 15.0 Å². The third-order valence-electron chi connectivity index (χ3n) is 5.37. The van der Waals surface area contributed by atoms with Crippen LogP contribution in [0.4, 0.5) is 5.82 Å². The molecule has 1 aliphatic carbocycles. The third-order valence-corrected chi connectivity index (χ3v) is 5.37. The molecule has 6 nitrogen and oxygen atoms in total. The highest BCUT2D eigenvalue weighted by Crippen LogP contribution is 2.38. The van der Waals surface area contributed by atoms with Gasteiger partial charge in [0.25, 0.3) is 5.56 Å².